The van der Waals surface area contributed by atoms with Crippen LogP contribution in [0.4, 0.5) is 0 Å². The number of hydrogen-bond acceptors (Lipinski definition) is 1. The van der Waals surface area contributed by atoms with E-state index in [2.05, 4.69) is 26.8 Å². The van der Waals surface area contributed by atoms with Gasteiger partial charge < -0.3 is 0 Å². The van der Waals surface area contributed by atoms with Crippen molar-refractivity contribution >= 4 is 6.29 Å². The van der Waals surface area contributed by atoms with Crippen molar-refractivity contribution in [3.05, 3.63) is 33.9 Å². The summed E-state index contributed by atoms with van der Waals surface area (Å²) in [6, 6.07) is 2.11. The Bertz CT molecular complexity index is 351. The molecule has 1 aromatic carbocycles. The lowest BCUT2D eigenvalue weighted by molar-refractivity contribution is 0.112. The van der Waals surface area contributed by atoms with Gasteiger partial charge in [-0.2, -0.15) is 0 Å². The van der Waals surface area contributed by atoms with Gasteiger partial charge >= 0.3 is 0 Å². The van der Waals surface area contributed by atoms with Gasteiger partial charge in [0.05, 0.1) is 0 Å². The van der Waals surface area contributed by atoms with Crippen LogP contribution in [0.15, 0.2) is 6.07 Å². The minimum atomic E-state index is 0.874. The minimum Gasteiger partial charge on any atom is -0.298 e. The molecule has 0 bridgehead atoms. The molecule has 0 aliphatic rings. The average molecular weight is 190 g/mol. The molecular formula is C13H18O. The van der Waals surface area contributed by atoms with Gasteiger partial charge in [0.2, 0.25) is 0 Å². The molecule has 0 saturated heterocycles. The first-order chi connectivity index (χ1) is 6.61. The molecule has 0 N–H and O–H groups in total. The summed E-state index contributed by atoms with van der Waals surface area (Å²) in [6.07, 6.45) is 3.17. The average Bonchev–Trinajstić information content (AvgIpc) is 2.12. The maximum absolute atomic E-state index is 10.9. The molecule has 0 radical (unpaired) electrons. The third kappa shape index (κ3) is 1.87. The molecule has 0 atom stereocenters. The Morgan fingerprint density at radius 1 is 1.21 bits per heavy atom. The molecule has 1 nitrogen and oxygen atoms in total. The third-order valence-electron chi connectivity index (χ3n) is 2.81. The fourth-order valence-corrected chi connectivity index (χ4v) is 2.06. The number of rotatable bonds is 3. The van der Waals surface area contributed by atoms with Crippen LogP contribution in [0.1, 0.15) is 46.0 Å². The molecule has 0 saturated carbocycles. The highest BCUT2D eigenvalue weighted by Crippen LogP contribution is 2.22. The maximum Gasteiger partial charge on any atom is 0.150 e. The molecular weight excluding hydrogens is 172 g/mol. The summed E-state index contributed by atoms with van der Waals surface area (Å²) in [5.41, 5.74) is 5.79. The summed E-state index contributed by atoms with van der Waals surface area (Å²) in [4.78, 5) is 10.9. The Hall–Kier alpha value is -1.11. The molecule has 0 aliphatic heterocycles. The van der Waals surface area contributed by atoms with Crippen molar-refractivity contribution in [2.24, 2.45) is 0 Å². The quantitative estimate of drug-likeness (QED) is 0.668. The molecule has 0 spiro atoms. The zero-order valence-corrected chi connectivity index (χ0v) is 9.48. The van der Waals surface area contributed by atoms with Gasteiger partial charge in [-0.25, -0.2) is 0 Å². The number of aldehydes is 1. The Balaban J connectivity index is 3.35. The van der Waals surface area contributed by atoms with E-state index in [1.807, 2.05) is 6.92 Å². The summed E-state index contributed by atoms with van der Waals surface area (Å²) in [6.45, 7) is 8.34. The summed E-state index contributed by atoms with van der Waals surface area (Å²) < 4.78 is 0. The second-order valence-electron chi connectivity index (χ2n) is 3.90. The first-order valence-electron chi connectivity index (χ1n) is 5.16. The Morgan fingerprint density at radius 3 is 2.36 bits per heavy atom. The first kappa shape index (κ1) is 11.0. The molecule has 0 unspecified atom stereocenters. The molecule has 1 aromatic rings. The first-order valence-corrected chi connectivity index (χ1v) is 5.16. The molecule has 0 heterocycles. The molecule has 0 aromatic heterocycles. The lowest BCUT2D eigenvalue weighted by atomic mass is 9.92. The second kappa shape index (κ2) is 4.41. The molecule has 0 aliphatic carbocycles. The van der Waals surface area contributed by atoms with Crippen LogP contribution in [0.3, 0.4) is 0 Å². The molecule has 1 rings (SSSR count). The highest BCUT2D eigenvalue weighted by molar-refractivity contribution is 5.80. The number of benzene rings is 1. The minimum absolute atomic E-state index is 0.874. The number of hydrogen-bond donors (Lipinski definition) is 0. The van der Waals surface area contributed by atoms with Crippen LogP contribution in [-0.2, 0) is 6.42 Å². The van der Waals surface area contributed by atoms with Crippen molar-refractivity contribution in [2.45, 2.75) is 40.5 Å². The molecule has 1 heteroatoms. The van der Waals surface area contributed by atoms with Gasteiger partial charge in [-0.1, -0.05) is 19.4 Å². The lowest BCUT2D eigenvalue weighted by Crippen LogP contribution is -2.00. The molecule has 76 valence electrons. The van der Waals surface area contributed by atoms with E-state index in [0.717, 1.165) is 30.3 Å². The van der Waals surface area contributed by atoms with E-state index >= 15 is 0 Å². The molecule has 0 fully saturated rings. The molecule has 14 heavy (non-hydrogen) atoms. The van der Waals surface area contributed by atoms with Crippen molar-refractivity contribution < 1.29 is 4.79 Å². The number of aryl methyl sites for hydroxylation is 2. The van der Waals surface area contributed by atoms with Gasteiger partial charge in [-0.3, -0.25) is 4.79 Å². The normalized spacial score (nSPS) is 10.3. The maximum atomic E-state index is 10.9. The SMILES string of the molecule is CCCc1c(C)cc(C)c(C=O)c1C. The van der Waals surface area contributed by atoms with Gasteiger partial charge in [-0.05, 0) is 49.4 Å². The zero-order valence-electron chi connectivity index (χ0n) is 9.48. The van der Waals surface area contributed by atoms with Crippen molar-refractivity contribution in [1.29, 1.82) is 0 Å². The summed E-state index contributed by atoms with van der Waals surface area (Å²) in [5.74, 6) is 0. The van der Waals surface area contributed by atoms with Crippen molar-refractivity contribution in [1.82, 2.24) is 0 Å². The van der Waals surface area contributed by atoms with Crippen LogP contribution in [0.2, 0.25) is 0 Å². The second-order valence-corrected chi connectivity index (χ2v) is 3.90. The van der Waals surface area contributed by atoms with Crippen molar-refractivity contribution in [2.75, 3.05) is 0 Å². The van der Waals surface area contributed by atoms with Crippen molar-refractivity contribution in [3.8, 4) is 0 Å². The number of carbonyl (C=O) groups excluding carboxylic acids is 1. The van der Waals surface area contributed by atoms with Crippen LogP contribution < -0.4 is 0 Å². The topological polar surface area (TPSA) is 17.1 Å². The van der Waals surface area contributed by atoms with Gasteiger partial charge in [0, 0.05) is 5.56 Å². The van der Waals surface area contributed by atoms with Gasteiger partial charge in [0.25, 0.3) is 0 Å². The van der Waals surface area contributed by atoms with Gasteiger partial charge in [0.15, 0.2) is 6.29 Å². The monoisotopic (exact) mass is 190 g/mol. The standard InChI is InChI=1S/C13H18O/c1-5-6-12-9(2)7-10(3)13(8-14)11(12)4/h7-8H,5-6H2,1-4H3. The summed E-state index contributed by atoms with van der Waals surface area (Å²) in [5, 5.41) is 0. The van der Waals surface area contributed by atoms with Crippen molar-refractivity contribution in [3.63, 3.8) is 0 Å². The van der Waals surface area contributed by atoms with E-state index in [1.165, 1.54) is 16.7 Å². The zero-order chi connectivity index (χ0) is 10.7. The van der Waals surface area contributed by atoms with Gasteiger partial charge in [-0.15, -0.1) is 0 Å². The molecule has 0 amide bonds. The van der Waals surface area contributed by atoms with Crippen LogP contribution in [0.5, 0.6) is 0 Å². The smallest absolute Gasteiger partial charge is 0.150 e. The van der Waals surface area contributed by atoms with E-state index in [4.69, 9.17) is 0 Å². The Labute approximate surface area is 86.1 Å². The van der Waals surface area contributed by atoms with Gasteiger partial charge in [0.1, 0.15) is 0 Å². The Kier molecular flexibility index (Phi) is 3.45. The van der Waals surface area contributed by atoms with Crippen LogP contribution in [0, 0.1) is 20.8 Å². The van der Waals surface area contributed by atoms with Crippen LogP contribution in [-0.4, -0.2) is 6.29 Å². The fourth-order valence-electron chi connectivity index (χ4n) is 2.06. The summed E-state index contributed by atoms with van der Waals surface area (Å²) in [7, 11) is 0. The van der Waals surface area contributed by atoms with E-state index in [9.17, 15) is 4.79 Å². The van der Waals surface area contributed by atoms with E-state index in [-0.39, 0.29) is 0 Å². The highest BCUT2D eigenvalue weighted by atomic mass is 16.1. The predicted octanol–water partition coefficient (Wildman–Crippen LogP) is 3.38. The van der Waals surface area contributed by atoms with Crippen LogP contribution in [0.25, 0.3) is 0 Å². The van der Waals surface area contributed by atoms with Crippen LogP contribution >= 0.6 is 0 Å². The van der Waals surface area contributed by atoms with E-state index in [0.29, 0.717) is 0 Å². The third-order valence-corrected chi connectivity index (χ3v) is 2.81. The highest BCUT2D eigenvalue weighted by Gasteiger charge is 2.09. The van der Waals surface area contributed by atoms with E-state index in [1.54, 1.807) is 0 Å². The lowest BCUT2D eigenvalue weighted by Gasteiger charge is -2.13. The largest absolute Gasteiger partial charge is 0.298 e. The Morgan fingerprint density at radius 2 is 1.86 bits per heavy atom. The predicted molar refractivity (Wildman–Crippen MR) is 60.0 cm³/mol. The summed E-state index contributed by atoms with van der Waals surface area (Å²) >= 11 is 0. The fraction of sp³-hybridized carbons (Fsp3) is 0.462. The van der Waals surface area contributed by atoms with E-state index < -0.39 is 0 Å². The number of carbonyl (C=O) groups is 1.